The van der Waals surface area contributed by atoms with Crippen molar-refractivity contribution < 1.29 is 13.6 Å². The normalized spacial score (nSPS) is 26.4. The maximum absolute atomic E-state index is 13.4. The summed E-state index contributed by atoms with van der Waals surface area (Å²) in [6.07, 6.45) is 2.64. The van der Waals surface area contributed by atoms with Gasteiger partial charge in [0.1, 0.15) is 6.17 Å². The Morgan fingerprint density at radius 1 is 1.30 bits per heavy atom. The van der Waals surface area contributed by atoms with Crippen LogP contribution in [0, 0.1) is 17.6 Å². The van der Waals surface area contributed by atoms with Crippen LogP contribution in [0.25, 0.3) is 0 Å². The van der Waals surface area contributed by atoms with Crippen molar-refractivity contribution in [2.75, 3.05) is 6.54 Å². The molecule has 5 heteroatoms. The van der Waals surface area contributed by atoms with Crippen molar-refractivity contribution in [3.63, 3.8) is 0 Å². The summed E-state index contributed by atoms with van der Waals surface area (Å²) in [5.74, 6) is -1.11. The van der Waals surface area contributed by atoms with Gasteiger partial charge in [-0.3, -0.25) is 10.1 Å². The fourth-order valence-electron chi connectivity index (χ4n) is 2.70. The zero-order chi connectivity index (χ0) is 14.3. The molecule has 1 aromatic carbocycles. The van der Waals surface area contributed by atoms with Gasteiger partial charge in [0, 0.05) is 6.54 Å². The van der Waals surface area contributed by atoms with Crippen LogP contribution in [-0.4, -0.2) is 23.4 Å². The highest BCUT2D eigenvalue weighted by molar-refractivity contribution is 5.84. The number of nitrogens with zero attached hydrogens (tertiary/aromatic N) is 1. The van der Waals surface area contributed by atoms with E-state index < -0.39 is 11.6 Å². The Hall–Kier alpha value is -1.49. The smallest absolute Gasteiger partial charge is 0.241 e. The van der Waals surface area contributed by atoms with Crippen LogP contribution in [0.5, 0.6) is 0 Å². The molecule has 1 saturated heterocycles. The molecular formula is C15H18F2N2O. The van der Waals surface area contributed by atoms with Gasteiger partial charge in [-0.2, -0.15) is 0 Å². The zero-order valence-electron chi connectivity index (χ0n) is 11.4. The predicted octanol–water partition coefficient (Wildman–Crippen LogP) is 2.58. The summed E-state index contributed by atoms with van der Waals surface area (Å²) < 4.78 is 26.5. The molecule has 1 aliphatic heterocycles. The van der Waals surface area contributed by atoms with Gasteiger partial charge in [-0.05, 0) is 42.9 Å². The summed E-state index contributed by atoms with van der Waals surface area (Å²) in [5, 5.41) is 3.22. The van der Waals surface area contributed by atoms with E-state index in [9.17, 15) is 13.6 Å². The maximum atomic E-state index is 13.4. The van der Waals surface area contributed by atoms with Gasteiger partial charge in [-0.15, -0.1) is 0 Å². The fourth-order valence-corrected chi connectivity index (χ4v) is 2.70. The summed E-state index contributed by atoms with van der Waals surface area (Å²) in [6, 6.07) is 3.61. The molecule has 1 N–H and O–H groups in total. The first kappa shape index (κ1) is 13.5. The Kier molecular flexibility index (Phi) is 3.46. The lowest BCUT2D eigenvalue weighted by atomic mass is 10.1. The number of carbonyl (C=O) groups is 1. The molecule has 1 amide bonds. The molecule has 0 bridgehead atoms. The van der Waals surface area contributed by atoms with E-state index >= 15 is 0 Å². The third-order valence-electron chi connectivity index (χ3n) is 4.07. The van der Waals surface area contributed by atoms with Gasteiger partial charge in [0.05, 0.1) is 6.04 Å². The minimum atomic E-state index is -0.872. The molecule has 1 aliphatic carbocycles. The Labute approximate surface area is 117 Å². The van der Waals surface area contributed by atoms with E-state index in [1.807, 2.05) is 6.92 Å². The Morgan fingerprint density at radius 2 is 2.05 bits per heavy atom. The largest absolute Gasteiger partial charge is 0.321 e. The third kappa shape index (κ3) is 2.42. The highest BCUT2D eigenvalue weighted by Crippen LogP contribution is 2.35. The molecule has 2 fully saturated rings. The quantitative estimate of drug-likeness (QED) is 0.919. The van der Waals surface area contributed by atoms with E-state index in [4.69, 9.17) is 0 Å². The van der Waals surface area contributed by atoms with Crippen LogP contribution in [0.15, 0.2) is 18.2 Å². The van der Waals surface area contributed by atoms with Crippen molar-refractivity contribution in [2.45, 2.75) is 38.4 Å². The molecular weight excluding hydrogens is 262 g/mol. The molecule has 1 heterocycles. The van der Waals surface area contributed by atoms with Crippen molar-refractivity contribution in [1.29, 1.82) is 0 Å². The van der Waals surface area contributed by atoms with E-state index in [1.54, 1.807) is 11.0 Å². The standard InChI is InChI=1S/C15H18F2N2O/c1-2-13-15(20)19(8-9-3-4-9)14(18-13)10-5-6-11(16)12(17)7-10/h5-7,9,13-14,18H,2-4,8H2,1H3. The van der Waals surface area contributed by atoms with Crippen molar-refractivity contribution in [3.8, 4) is 0 Å². The van der Waals surface area contributed by atoms with Crippen molar-refractivity contribution in [3.05, 3.63) is 35.4 Å². The van der Waals surface area contributed by atoms with Crippen LogP contribution in [0.1, 0.15) is 37.9 Å². The zero-order valence-corrected chi connectivity index (χ0v) is 11.4. The van der Waals surface area contributed by atoms with Crippen molar-refractivity contribution >= 4 is 5.91 Å². The SMILES string of the molecule is CCC1NC(c2ccc(F)c(F)c2)N(CC2CC2)C1=O. The number of hydrogen-bond acceptors (Lipinski definition) is 2. The number of nitrogens with one attached hydrogen (secondary N) is 1. The summed E-state index contributed by atoms with van der Waals surface area (Å²) in [5.41, 5.74) is 0.605. The van der Waals surface area contributed by atoms with Gasteiger partial charge in [-0.25, -0.2) is 8.78 Å². The number of carbonyl (C=O) groups excluding carboxylic acids is 1. The number of hydrogen-bond donors (Lipinski definition) is 1. The molecule has 2 unspecified atom stereocenters. The Bertz CT molecular complexity index is 531. The predicted molar refractivity (Wildman–Crippen MR) is 70.8 cm³/mol. The van der Waals surface area contributed by atoms with Gasteiger partial charge in [0.2, 0.25) is 5.91 Å². The first-order chi connectivity index (χ1) is 9.60. The molecule has 0 spiro atoms. The first-order valence-corrected chi connectivity index (χ1v) is 7.11. The number of benzene rings is 1. The van der Waals surface area contributed by atoms with Crippen LogP contribution in [0.2, 0.25) is 0 Å². The van der Waals surface area contributed by atoms with Gasteiger partial charge >= 0.3 is 0 Å². The molecule has 0 aromatic heterocycles. The van der Waals surface area contributed by atoms with Crippen LogP contribution < -0.4 is 5.32 Å². The molecule has 3 nitrogen and oxygen atoms in total. The summed E-state index contributed by atoms with van der Waals surface area (Å²) in [7, 11) is 0. The number of amides is 1. The molecule has 108 valence electrons. The van der Waals surface area contributed by atoms with Crippen LogP contribution in [0.4, 0.5) is 8.78 Å². The summed E-state index contributed by atoms with van der Waals surface area (Å²) in [6.45, 7) is 2.64. The van der Waals surface area contributed by atoms with Crippen LogP contribution in [0.3, 0.4) is 0 Å². The monoisotopic (exact) mass is 280 g/mol. The fraction of sp³-hybridized carbons (Fsp3) is 0.533. The van der Waals surface area contributed by atoms with Crippen molar-refractivity contribution in [2.24, 2.45) is 5.92 Å². The van der Waals surface area contributed by atoms with E-state index in [-0.39, 0.29) is 18.1 Å². The van der Waals surface area contributed by atoms with E-state index in [0.717, 1.165) is 18.9 Å². The number of halogens is 2. The van der Waals surface area contributed by atoms with Crippen LogP contribution >= 0.6 is 0 Å². The van der Waals surface area contributed by atoms with E-state index in [0.29, 0.717) is 24.4 Å². The molecule has 1 saturated carbocycles. The molecule has 2 atom stereocenters. The van der Waals surface area contributed by atoms with E-state index in [1.165, 1.54) is 6.07 Å². The minimum absolute atomic E-state index is 0.0640. The average Bonchev–Trinajstić information content (AvgIpc) is 3.19. The lowest BCUT2D eigenvalue weighted by Gasteiger charge is -2.24. The highest BCUT2D eigenvalue weighted by Gasteiger charge is 2.41. The molecule has 20 heavy (non-hydrogen) atoms. The van der Waals surface area contributed by atoms with E-state index in [2.05, 4.69) is 5.32 Å². The number of rotatable bonds is 4. The minimum Gasteiger partial charge on any atom is -0.321 e. The second-order valence-corrected chi connectivity index (χ2v) is 5.64. The first-order valence-electron chi connectivity index (χ1n) is 7.11. The van der Waals surface area contributed by atoms with Gasteiger partial charge in [-0.1, -0.05) is 13.0 Å². The maximum Gasteiger partial charge on any atom is 0.241 e. The summed E-state index contributed by atoms with van der Waals surface area (Å²) >= 11 is 0. The van der Waals surface area contributed by atoms with Gasteiger partial charge in [0.25, 0.3) is 0 Å². The topological polar surface area (TPSA) is 32.3 Å². The lowest BCUT2D eigenvalue weighted by molar-refractivity contribution is -0.130. The lowest BCUT2D eigenvalue weighted by Crippen LogP contribution is -2.32. The van der Waals surface area contributed by atoms with Crippen molar-refractivity contribution in [1.82, 2.24) is 10.2 Å². The second kappa shape index (κ2) is 5.13. The average molecular weight is 280 g/mol. The van der Waals surface area contributed by atoms with Gasteiger partial charge < -0.3 is 4.90 Å². The third-order valence-corrected chi connectivity index (χ3v) is 4.07. The summed E-state index contributed by atoms with van der Waals surface area (Å²) in [4.78, 5) is 14.1. The second-order valence-electron chi connectivity index (χ2n) is 5.64. The molecule has 3 rings (SSSR count). The van der Waals surface area contributed by atoms with Crippen LogP contribution in [-0.2, 0) is 4.79 Å². The molecule has 1 aromatic rings. The molecule has 0 radical (unpaired) electrons. The molecule has 2 aliphatic rings. The highest BCUT2D eigenvalue weighted by atomic mass is 19.2. The van der Waals surface area contributed by atoms with Gasteiger partial charge in [0.15, 0.2) is 11.6 Å². The Morgan fingerprint density at radius 3 is 2.65 bits per heavy atom. The Balaban J connectivity index is 1.87.